The van der Waals surface area contributed by atoms with E-state index in [9.17, 15) is 22.6 Å². The Balaban J connectivity index is 0.00000181. The van der Waals surface area contributed by atoms with E-state index in [1.165, 1.54) is 12.1 Å². The first-order valence-electron chi connectivity index (χ1n) is 9.05. The van der Waals surface area contributed by atoms with Crippen molar-refractivity contribution in [1.29, 1.82) is 0 Å². The van der Waals surface area contributed by atoms with Gasteiger partial charge < -0.3 is 12.5 Å². The number of hydrogen-bond donors (Lipinski definition) is 3. The van der Waals surface area contributed by atoms with Crippen molar-refractivity contribution in [2.24, 2.45) is 0 Å². The Labute approximate surface area is 203 Å². The van der Waals surface area contributed by atoms with Gasteiger partial charge in [0.15, 0.2) is 11.6 Å². The zero-order valence-corrected chi connectivity index (χ0v) is 20.0. The second-order valence-corrected chi connectivity index (χ2v) is 8.66. The van der Waals surface area contributed by atoms with E-state index in [-0.39, 0.29) is 58.9 Å². The fourth-order valence-electron chi connectivity index (χ4n) is 3.81. The summed E-state index contributed by atoms with van der Waals surface area (Å²) in [5.74, 6) is -1.03. The Bertz CT molecular complexity index is 1350. The Morgan fingerprint density at radius 1 is 0.903 bits per heavy atom. The number of carbonyl (C=O) groups is 2. The second kappa shape index (κ2) is 8.22. The average molecular weight is 446 g/mol. The standard InChI is InChI=1S/C22H18N2O5S.Na.H/c1-11-7-12(2)9-13(8-11)24-16-10-17(30(27,28)29)20(23)19-18(16)21(25)14-5-3-4-6-15(14)22(19)26;;/h3-10,24H,23H2,1-2H3,(H,27,28,29);;/q;+1;-1. The van der Waals surface area contributed by atoms with E-state index < -0.39 is 32.3 Å². The number of fused-ring (bicyclic) bond motifs is 2. The zero-order chi connectivity index (χ0) is 21.8. The molecule has 1 aliphatic carbocycles. The monoisotopic (exact) mass is 446 g/mol. The number of benzene rings is 3. The molecule has 0 aliphatic heterocycles. The maximum absolute atomic E-state index is 13.3. The van der Waals surface area contributed by atoms with Crippen molar-refractivity contribution in [3.8, 4) is 0 Å². The number of nitrogens with one attached hydrogen (secondary N) is 1. The topological polar surface area (TPSA) is 127 Å². The Kier molecular flexibility index (Phi) is 6.14. The summed E-state index contributed by atoms with van der Waals surface area (Å²) in [7, 11) is -4.74. The van der Waals surface area contributed by atoms with Gasteiger partial charge in [-0.25, -0.2) is 0 Å². The molecule has 0 fully saturated rings. The molecular formula is C22H19N2NaO5S. The smallest absolute Gasteiger partial charge is 1.00 e. The first kappa shape index (κ1) is 23.2. The molecule has 0 saturated heterocycles. The third-order valence-electron chi connectivity index (χ3n) is 4.98. The molecule has 0 atom stereocenters. The van der Waals surface area contributed by atoms with Crippen LogP contribution in [0.15, 0.2) is 53.4 Å². The Morgan fingerprint density at radius 3 is 1.94 bits per heavy atom. The summed E-state index contributed by atoms with van der Waals surface area (Å²) in [6.07, 6.45) is 0. The molecule has 9 heteroatoms. The molecule has 0 aromatic heterocycles. The average Bonchev–Trinajstić information content (AvgIpc) is 2.65. The van der Waals surface area contributed by atoms with Gasteiger partial charge in [-0.2, -0.15) is 8.42 Å². The Hall–Kier alpha value is -2.49. The number of nitrogens with two attached hydrogens (primary N) is 1. The summed E-state index contributed by atoms with van der Waals surface area (Å²) in [5, 5.41) is 3.03. The molecule has 0 spiro atoms. The van der Waals surface area contributed by atoms with Crippen LogP contribution >= 0.6 is 0 Å². The van der Waals surface area contributed by atoms with Crippen LogP contribution in [0.4, 0.5) is 17.1 Å². The molecule has 7 nitrogen and oxygen atoms in total. The van der Waals surface area contributed by atoms with Crippen LogP contribution in [-0.4, -0.2) is 24.5 Å². The minimum atomic E-state index is -4.74. The number of rotatable bonds is 3. The van der Waals surface area contributed by atoms with Gasteiger partial charge in [-0.3, -0.25) is 14.1 Å². The molecule has 31 heavy (non-hydrogen) atoms. The van der Waals surface area contributed by atoms with Crippen molar-refractivity contribution >= 4 is 38.7 Å². The maximum atomic E-state index is 13.3. The van der Waals surface area contributed by atoms with Gasteiger partial charge in [0.2, 0.25) is 0 Å². The van der Waals surface area contributed by atoms with E-state index >= 15 is 0 Å². The maximum Gasteiger partial charge on any atom is 1.00 e. The van der Waals surface area contributed by atoms with E-state index in [0.29, 0.717) is 5.69 Å². The molecule has 0 radical (unpaired) electrons. The van der Waals surface area contributed by atoms with Crippen LogP contribution < -0.4 is 40.6 Å². The summed E-state index contributed by atoms with van der Waals surface area (Å²) in [4.78, 5) is 25.8. The van der Waals surface area contributed by atoms with E-state index in [0.717, 1.165) is 17.2 Å². The van der Waals surface area contributed by atoms with Crippen molar-refractivity contribution in [3.63, 3.8) is 0 Å². The third kappa shape index (κ3) is 4.05. The SMILES string of the molecule is Cc1cc(C)cc(Nc2cc(S(=O)(=O)O)c(N)c3c2C(=O)c2ccccc2C3=O)c1.[H-].[Na+]. The normalized spacial score (nSPS) is 12.6. The van der Waals surface area contributed by atoms with Crippen LogP contribution in [0.3, 0.4) is 0 Å². The minimum Gasteiger partial charge on any atom is -1.00 e. The van der Waals surface area contributed by atoms with Crippen molar-refractivity contribution < 1.29 is 53.5 Å². The van der Waals surface area contributed by atoms with Crippen LogP contribution in [0.5, 0.6) is 0 Å². The molecule has 0 unspecified atom stereocenters. The predicted molar refractivity (Wildman–Crippen MR) is 114 cm³/mol. The van der Waals surface area contributed by atoms with E-state index in [4.69, 9.17) is 5.73 Å². The van der Waals surface area contributed by atoms with Crippen molar-refractivity contribution in [1.82, 2.24) is 0 Å². The summed E-state index contributed by atoms with van der Waals surface area (Å²) in [5.41, 5.74) is 8.16. The zero-order valence-electron chi connectivity index (χ0n) is 18.2. The predicted octanol–water partition coefficient (Wildman–Crippen LogP) is 0.768. The molecule has 4 rings (SSSR count). The molecule has 4 N–H and O–H groups in total. The molecule has 0 saturated carbocycles. The molecule has 0 bridgehead atoms. The van der Waals surface area contributed by atoms with Crippen LogP contribution in [0, 0.1) is 13.8 Å². The summed E-state index contributed by atoms with van der Waals surface area (Å²) >= 11 is 0. The third-order valence-corrected chi connectivity index (χ3v) is 5.87. The fourth-order valence-corrected chi connectivity index (χ4v) is 4.45. The minimum absolute atomic E-state index is 0. The quantitative estimate of drug-likeness (QED) is 0.241. The molecular weight excluding hydrogens is 427 g/mol. The van der Waals surface area contributed by atoms with Gasteiger partial charge in [0.25, 0.3) is 10.1 Å². The number of aryl methyl sites for hydroxylation is 2. The van der Waals surface area contributed by atoms with Crippen LogP contribution in [-0.2, 0) is 10.1 Å². The number of carbonyl (C=O) groups excluding carboxylic acids is 2. The molecule has 0 amide bonds. The molecule has 3 aromatic carbocycles. The van der Waals surface area contributed by atoms with Gasteiger partial charge in [-0.05, 0) is 43.2 Å². The number of anilines is 3. The van der Waals surface area contributed by atoms with Gasteiger partial charge in [0.1, 0.15) is 4.90 Å². The number of nitrogen functional groups attached to an aromatic ring is 1. The summed E-state index contributed by atoms with van der Waals surface area (Å²) in [6, 6.07) is 12.9. The summed E-state index contributed by atoms with van der Waals surface area (Å²) in [6.45, 7) is 3.79. The second-order valence-electron chi connectivity index (χ2n) is 7.27. The van der Waals surface area contributed by atoms with E-state index in [2.05, 4.69) is 5.32 Å². The van der Waals surface area contributed by atoms with Gasteiger partial charge in [-0.15, -0.1) is 0 Å². The van der Waals surface area contributed by atoms with E-state index in [1.807, 2.05) is 32.0 Å². The molecule has 3 aromatic rings. The van der Waals surface area contributed by atoms with Crippen LogP contribution in [0.1, 0.15) is 44.4 Å². The molecule has 0 heterocycles. The van der Waals surface area contributed by atoms with E-state index in [1.54, 1.807) is 12.1 Å². The van der Waals surface area contributed by atoms with Gasteiger partial charge in [0.05, 0.1) is 22.5 Å². The first-order chi connectivity index (χ1) is 14.1. The number of hydrogen-bond acceptors (Lipinski definition) is 6. The Morgan fingerprint density at radius 2 is 1.42 bits per heavy atom. The summed E-state index contributed by atoms with van der Waals surface area (Å²) < 4.78 is 33.5. The van der Waals surface area contributed by atoms with Crippen molar-refractivity contribution in [3.05, 3.63) is 81.9 Å². The van der Waals surface area contributed by atoms with Crippen LogP contribution in [0.2, 0.25) is 0 Å². The van der Waals surface area contributed by atoms with Gasteiger partial charge in [-0.1, -0.05) is 30.3 Å². The molecule has 1 aliphatic rings. The first-order valence-corrected chi connectivity index (χ1v) is 10.5. The fraction of sp³-hybridized carbons (Fsp3) is 0.0909. The van der Waals surface area contributed by atoms with Crippen molar-refractivity contribution in [2.75, 3.05) is 11.1 Å². The largest absolute Gasteiger partial charge is 1.00 e. The van der Waals surface area contributed by atoms with Crippen molar-refractivity contribution in [2.45, 2.75) is 18.7 Å². The van der Waals surface area contributed by atoms with Gasteiger partial charge in [0, 0.05) is 16.8 Å². The molecule has 154 valence electrons. The van der Waals surface area contributed by atoms with Crippen LogP contribution in [0.25, 0.3) is 0 Å². The van der Waals surface area contributed by atoms with Gasteiger partial charge >= 0.3 is 29.6 Å². The number of ketones is 2.